The highest BCUT2D eigenvalue weighted by atomic mass is 19.1. The van der Waals surface area contributed by atoms with Gasteiger partial charge < -0.3 is 10.1 Å². The van der Waals surface area contributed by atoms with Crippen LogP contribution in [0.4, 0.5) is 10.2 Å². The molecule has 7 heteroatoms. The van der Waals surface area contributed by atoms with E-state index in [1.807, 2.05) is 6.07 Å². The minimum Gasteiger partial charge on any atom is -0.457 e. The Morgan fingerprint density at radius 3 is 2.58 bits per heavy atom. The molecule has 0 spiro atoms. The van der Waals surface area contributed by atoms with Gasteiger partial charge >= 0.3 is 0 Å². The molecule has 0 amide bonds. The van der Waals surface area contributed by atoms with Crippen LogP contribution in [-0.2, 0) is 6.54 Å². The average Bonchev–Trinajstić information content (AvgIpc) is 2.62. The summed E-state index contributed by atoms with van der Waals surface area (Å²) in [5, 5.41) is 12.0. The molecule has 0 fully saturated rings. The maximum absolute atomic E-state index is 12.9. The number of nitriles is 1. The second kappa shape index (κ2) is 7.15. The Morgan fingerprint density at radius 2 is 1.79 bits per heavy atom. The second-order valence-electron chi connectivity index (χ2n) is 4.76. The van der Waals surface area contributed by atoms with E-state index in [9.17, 15) is 4.39 Å². The summed E-state index contributed by atoms with van der Waals surface area (Å²) in [5.41, 5.74) is 0.917. The highest BCUT2D eigenvalue weighted by Crippen LogP contribution is 2.22. The minimum absolute atomic E-state index is 0.219. The molecule has 2 heterocycles. The molecule has 0 aliphatic rings. The first kappa shape index (κ1) is 15.4. The van der Waals surface area contributed by atoms with Gasteiger partial charge in [0.2, 0.25) is 0 Å². The van der Waals surface area contributed by atoms with Crippen molar-refractivity contribution in [2.75, 3.05) is 5.32 Å². The summed E-state index contributed by atoms with van der Waals surface area (Å²) < 4.78 is 18.6. The lowest BCUT2D eigenvalue weighted by Crippen LogP contribution is -2.05. The lowest BCUT2D eigenvalue weighted by molar-refractivity contribution is 0.479. The van der Waals surface area contributed by atoms with Gasteiger partial charge in [0.25, 0.3) is 0 Å². The third-order valence-corrected chi connectivity index (χ3v) is 3.08. The van der Waals surface area contributed by atoms with Gasteiger partial charge in [-0.15, -0.1) is 0 Å². The predicted octanol–water partition coefficient (Wildman–Crippen LogP) is 3.29. The number of aromatic nitrogens is 3. The molecule has 0 atom stereocenters. The molecule has 118 valence electrons. The van der Waals surface area contributed by atoms with Crippen LogP contribution in [-0.4, -0.2) is 15.0 Å². The van der Waals surface area contributed by atoms with Crippen LogP contribution in [0, 0.1) is 17.1 Å². The van der Waals surface area contributed by atoms with Gasteiger partial charge in [0.1, 0.15) is 23.4 Å². The zero-order chi connectivity index (χ0) is 16.8. The zero-order valence-electron chi connectivity index (χ0n) is 12.5. The first-order valence-electron chi connectivity index (χ1n) is 7.08. The van der Waals surface area contributed by atoms with E-state index in [0.29, 0.717) is 29.6 Å². The van der Waals surface area contributed by atoms with E-state index in [4.69, 9.17) is 10.00 Å². The Balaban J connectivity index is 1.69. The summed E-state index contributed by atoms with van der Waals surface area (Å²) in [6.07, 6.45) is 4.57. The number of anilines is 1. The molecule has 3 aromatic rings. The third kappa shape index (κ3) is 3.81. The minimum atomic E-state index is -0.320. The van der Waals surface area contributed by atoms with E-state index in [0.717, 1.165) is 0 Å². The molecular formula is C17H12FN5O. The number of benzene rings is 1. The van der Waals surface area contributed by atoms with Crippen molar-refractivity contribution in [3.05, 3.63) is 72.2 Å². The fourth-order valence-electron chi connectivity index (χ4n) is 1.98. The zero-order valence-corrected chi connectivity index (χ0v) is 12.5. The van der Waals surface area contributed by atoms with Gasteiger partial charge in [-0.05, 0) is 30.3 Å². The number of rotatable bonds is 5. The highest BCUT2D eigenvalue weighted by Gasteiger charge is 2.05. The van der Waals surface area contributed by atoms with Crippen molar-refractivity contribution in [3.63, 3.8) is 0 Å². The van der Waals surface area contributed by atoms with Crippen molar-refractivity contribution in [2.24, 2.45) is 0 Å². The highest BCUT2D eigenvalue weighted by molar-refractivity contribution is 5.47. The molecule has 24 heavy (non-hydrogen) atoms. The summed E-state index contributed by atoms with van der Waals surface area (Å²) in [7, 11) is 0. The fourth-order valence-corrected chi connectivity index (χ4v) is 1.98. The summed E-state index contributed by atoms with van der Waals surface area (Å²) in [5.74, 6) is 1.18. The van der Waals surface area contributed by atoms with Crippen molar-refractivity contribution in [1.29, 1.82) is 5.26 Å². The predicted molar refractivity (Wildman–Crippen MR) is 84.8 cm³/mol. The van der Waals surface area contributed by atoms with E-state index in [2.05, 4.69) is 20.3 Å². The van der Waals surface area contributed by atoms with Crippen LogP contribution in [0.2, 0.25) is 0 Å². The molecule has 2 aromatic heterocycles. The first-order valence-corrected chi connectivity index (χ1v) is 7.08. The molecule has 3 rings (SSSR count). The topological polar surface area (TPSA) is 83.7 Å². The van der Waals surface area contributed by atoms with Crippen LogP contribution in [0.25, 0.3) is 0 Å². The number of nitrogens with one attached hydrogen (secondary N) is 1. The normalized spacial score (nSPS) is 10.0. The average molecular weight is 321 g/mol. The van der Waals surface area contributed by atoms with Gasteiger partial charge in [0.15, 0.2) is 11.5 Å². The van der Waals surface area contributed by atoms with Crippen LogP contribution in [0.15, 0.2) is 55.0 Å². The summed E-state index contributed by atoms with van der Waals surface area (Å²) in [6.45, 7) is 0.355. The van der Waals surface area contributed by atoms with Gasteiger partial charge in [-0.3, -0.25) is 4.98 Å². The Kier molecular flexibility index (Phi) is 4.58. The van der Waals surface area contributed by atoms with E-state index in [1.165, 1.54) is 24.5 Å². The molecular weight excluding hydrogens is 309 g/mol. The maximum Gasteiger partial charge on any atom is 0.182 e. The van der Waals surface area contributed by atoms with Crippen molar-refractivity contribution < 1.29 is 9.13 Å². The number of hydrogen-bond donors (Lipinski definition) is 1. The Labute approximate surface area is 137 Å². The number of nitrogens with zero attached hydrogens (tertiary/aromatic N) is 4. The summed E-state index contributed by atoms with van der Waals surface area (Å²) in [4.78, 5) is 12.2. The smallest absolute Gasteiger partial charge is 0.182 e. The molecule has 0 saturated carbocycles. The summed E-state index contributed by atoms with van der Waals surface area (Å²) >= 11 is 0. The van der Waals surface area contributed by atoms with Crippen molar-refractivity contribution in [3.8, 4) is 17.6 Å². The van der Waals surface area contributed by atoms with Crippen LogP contribution < -0.4 is 10.1 Å². The van der Waals surface area contributed by atoms with E-state index in [1.54, 1.807) is 30.5 Å². The van der Waals surface area contributed by atoms with Crippen LogP contribution in [0.1, 0.15) is 11.4 Å². The van der Waals surface area contributed by atoms with E-state index in [-0.39, 0.29) is 11.5 Å². The monoisotopic (exact) mass is 321 g/mol. The molecule has 0 bridgehead atoms. The second-order valence-corrected chi connectivity index (χ2v) is 4.76. The number of ether oxygens (including phenoxy) is 1. The van der Waals surface area contributed by atoms with Crippen molar-refractivity contribution in [1.82, 2.24) is 15.0 Å². The van der Waals surface area contributed by atoms with Crippen LogP contribution in [0.3, 0.4) is 0 Å². The lowest BCUT2D eigenvalue weighted by Gasteiger charge is -2.08. The van der Waals surface area contributed by atoms with Gasteiger partial charge in [-0.2, -0.15) is 5.26 Å². The molecule has 1 N–H and O–H groups in total. The Hall–Kier alpha value is -3.53. The number of pyridine rings is 1. The van der Waals surface area contributed by atoms with Gasteiger partial charge in [-0.25, -0.2) is 14.4 Å². The van der Waals surface area contributed by atoms with Crippen LogP contribution in [0.5, 0.6) is 11.5 Å². The standard InChI is InChI=1S/C17H12FN5O/c18-12-1-3-14(4-2-12)24-15-5-6-20-13(9-15)11-23-17-16(10-19)21-7-8-22-17/h1-9H,11H2,(H,22,23). The number of halogens is 1. The fraction of sp³-hybridized carbons (Fsp3) is 0.0588. The van der Waals surface area contributed by atoms with Crippen LogP contribution >= 0.6 is 0 Å². The maximum atomic E-state index is 12.9. The molecule has 0 aliphatic carbocycles. The van der Waals surface area contributed by atoms with Crippen molar-refractivity contribution >= 4 is 5.82 Å². The lowest BCUT2D eigenvalue weighted by atomic mass is 10.3. The largest absolute Gasteiger partial charge is 0.457 e. The van der Waals surface area contributed by atoms with E-state index >= 15 is 0 Å². The van der Waals surface area contributed by atoms with E-state index < -0.39 is 0 Å². The Morgan fingerprint density at radius 1 is 1.00 bits per heavy atom. The van der Waals surface area contributed by atoms with Crippen molar-refractivity contribution in [2.45, 2.75) is 6.54 Å². The molecule has 0 radical (unpaired) electrons. The third-order valence-electron chi connectivity index (χ3n) is 3.08. The molecule has 0 unspecified atom stereocenters. The molecule has 0 aliphatic heterocycles. The Bertz CT molecular complexity index is 877. The van der Waals surface area contributed by atoms with Gasteiger partial charge in [-0.1, -0.05) is 0 Å². The molecule has 1 aromatic carbocycles. The first-order chi connectivity index (χ1) is 11.7. The summed E-state index contributed by atoms with van der Waals surface area (Å²) in [6, 6.07) is 11.2. The molecule has 0 saturated heterocycles. The number of hydrogen-bond acceptors (Lipinski definition) is 6. The van der Waals surface area contributed by atoms with Gasteiger partial charge in [0, 0.05) is 24.7 Å². The molecule has 6 nitrogen and oxygen atoms in total. The van der Waals surface area contributed by atoms with Gasteiger partial charge in [0.05, 0.1) is 12.2 Å². The SMILES string of the molecule is N#Cc1nccnc1NCc1cc(Oc2ccc(F)cc2)ccn1. The quantitative estimate of drug-likeness (QED) is 0.776.